The van der Waals surface area contributed by atoms with Crippen LogP contribution in [0, 0.1) is 5.92 Å². The van der Waals surface area contributed by atoms with E-state index in [1.807, 2.05) is 13.8 Å². The molecule has 0 rings (SSSR count). The van der Waals surface area contributed by atoms with Crippen molar-refractivity contribution < 1.29 is 9.90 Å². The molecule has 11 heavy (non-hydrogen) atoms. The molecule has 1 unspecified atom stereocenters. The van der Waals surface area contributed by atoms with Crippen LogP contribution in [0.5, 0.6) is 0 Å². The first kappa shape index (κ1) is 10.2. The highest BCUT2D eigenvalue weighted by atomic mass is 16.4. The third-order valence-electron chi connectivity index (χ3n) is 1.78. The summed E-state index contributed by atoms with van der Waals surface area (Å²) in [6, 6.07) is 0. The highest BCUT2D eigenvalue weighted by Gasteiger charge is 2.07. The second-order valence-corrected chi connectivity index (χ2v) is 2.86. The molecule has 0 saturated carbocycles. The summed E-state index contributed by atoms with van der Waals surface area (Å²) >= 11 is 0. The summed E-state index contributed by atoms with van der Waals surface area (Å²) < 4.78 is 0. The van der Waals surface area contributed by atoms with Crippen molar-refractivity contribution in [2.45, 2.75) is 33.6 Å². The highest BCUT2D eigenvalue weighted by molar-refractivity contribution is 5.67. The van der Waals surface area contributed by atoms with Crippen LogP contribution in [-0.4, -0.2) is 11.1 Å². The number of carboxylic acids is 1. The molecule has 0 spiro atoms. The predicted octanol–water partition coefficient (Wildman–Crippen LogP) is 2.45. The van der Waals surface area contributed by atoms with Gasteiger partial charge in [0.2, 0.25) is 0 Å². The Morgan fingerprint density at radius 2 is 2.18 bits per heavy atom. The highest BCUT2D eigenvalue weighted by Crippen LogP contribution is 2.13. The average molecular weight is 156 g/mol. The largest absolute Gasteiger partial charge is 0.481 e. The summed E-state index contributed by atoms with van der Waals surface area (Å²) in [5, 5.41) is 8.47. The summed E-state index contributed by atoms with van der Waals surface area (Å²) in [5.74, 6) is -0.547. The first-order valence-electron chi connectivity index (χ1n) is 3.96. The van der Waals surface area contributed by atoms with Crippen LogP contribution in [0.3, 0.4) is 0 Å². The zero-order chi connectivity index (χ0) is 8.85. The maximum atomic E-state index is 10.3. The molecular formula is C9H16O2. The SMILES string of the molecule is CCC=C(C)C(C)CC(=O)O. The van der Waals surface area contributed by atoms with Gasteiger partial charge in [-0.1, -0.05) is 25.5 Å². The van der Waals surface area contributed by atoms with Gasteiger partial charge in [0.15, 0.2) is 0 Å². The fourth-order valence-corrected chi connectivity index (χ4v) is 0.946. The van der Waals surface area contributed by atoms with Gasteiger partial charge in [-0.05, 0) is 19.3 Å². The molecule has 0 heterocycles. The molecule has 2 nitrogen and oxygen atoms in total. The van der Waals surface area contributed by atoms with Crippen molar-refractivity contribution in [2.24, 2.45) is 5.92 Å². The van der Waals surface area contributed by atoms with Crippen molar-refractivity contribution in [3.63, 3.8) is 0 Å². The van der Waals surface area contributed by atoms with Crippen molar-refractivity contribution >= 4 is 5.97 Å². The van der Waals surface area contributed by atoms with Gasteiger partial charge in [0.1, 0.15) is 0 Å². The summed E-state index contributed by atoms with van der Waals surface area (Å²) in [4.78, 5) is 10.3. The molecule has 0 fully saturated rings. The third kappa shape index (κ3) is 4.59. The minimum absolute atomic E-state index is 0.174. The Morgan fingerprint density at radius 1 is 1.64 bits per heavy atom. The first-order chi connectivity index (χ1) is 5.07. The summed E-state index contributed by atoms with van der Waals surface area (Å²) in [6.07, 6.45) is 3.30. The Hall–Kier alpha value is -0.790. The van der Waals surface area contributed by atoms with E-state index in [1.54, 1.807) is 0 Å². The molecule has 0 aromatic carbocycles. The Morgan fingerprint density at radius 3 is 2.55 bits per heavy atom. The smallest absolute Gasteiger partial charge is 0.303 e. The average Bonchev–Trinajstić information content (AvgIpc) is 1.86. The maximum Gasteiger partial charge on any atom is 0.303 e. The first-order valence-corrected chi connectivity index (χ1v) is 3.96. The summed E-state index contributed by atoms with van der Waals surface area (Å²) in [7, 11) is 0. The van der Waals surface area contributed by atoms with Crippen molar-refractivity contribution in [2.75, 3.05) is 0 Å². The number of hydrogen-bond donors (Lipinski definition) is 1. The Kier molecular flexibility index (Phi) is 4.59. The van der Waals surface area contributed by atoms with E-state index in [0.717, 1.165) is 6.42 Å². The fraction of sp³-hybridized carbons (Fsp3) is 0.667. The second kappa shape index (κ2) is 4.94. The number of carboxylic acid groups (broad SMARTS) is 1. The predicted molar refractivity (Wildman–Crippen MR) is 45.5 cm³/mol. The summed E-state index contributed by atoms with van der Waals surface area (Å²) in [6.45, 7) is 5.98. The second-order valence-electron chi connectivity index (χ2n) is 2.86. The van der Waals surface area contributed by atoms with Crippen LogP contribution in [-0.2, 0) is 4.79 Å². The van der Waals surface area contributed by atoms with Gasteiger partial charge >= 0.3 is 5.97 Å². The maximum absolute atomic E-state index is 10.3. The van der Waals surface area contributed by atoms with E-state index in [2.05, 4.69) is 13.0 Å². The zero-order valence-corrected chi connectivity index (χ0v) is 7.42. The molecule has 0 amide bonds. The lowest BCUT2D eigenvalue weighted by Crippen LogP contribution is -2.04. The van der Waals surface area contributed by atoms with Crippen LogP contribution in [0.2, 0.25) is 0 Å². The van der Waals surface area contributed by atoms with Gasteiger partial charge in [-0.25, -0.2) is 0 Å². The molecule has 1 atom stereocenters. The van der Waals surface area contributed by atoms with Crippen molar-refractivity contribution in [1.82, 2.24) is 0 Å². The molecule has 0 aliphatic rings. The van der Waals surface area contributed by atoms with Crippen LogP contribution in [0.4, 0.5) is 0 Å². The van der Waals surface area contributed by atoms with Gasteiger partial charge in [-0.3, -0.25) is 4.79 Å². The van der Waals surface area contributed by atoms with Crippen LogP contribution < -0.4 is 0 Å². The minimum atomic E-state index is -0.721. The van der Waals surface area contributed by atoms with Crippen LogP contribution >= 0.6 is 0 Å². The van der Waals surface area contributed by atoms with Gasteiger partial charge in [-0.2, -0.15) is 0 Å². The van der Waals surface area contributed by atoms with Crippen molar-refractivity contribution in [3.05, 3.63) is 11.6 Å². The van der Waals surface area contributed by atoms with Gasteiger partial charge in [0, 0.05) is 0 Å². The molecule has 0 radical (unpaired) electrons. The molecule has 64 valence electrons. The number of aliphatic carboxylic acids is 1. The van der Waals surface area contributed by atoms with E-state index in [0.29, 0.717) is 0 Å². The molecule has 1 N–H and O–H groups in total. The normalized spacial score (nSPS) is 14.6. The number of carbonyl (C=O) groups is 1. The van der Waals surface area contributed by atoms with Gasteiger partial charge in [0.25, 0.3) is 0 Å². The molecule has 2 heteroatoms. The Bertz CT molecular complexity index is 159. The monoisotopic (exact) mass is 156 g/mol. The van der Waals surface area contributed by atoms with Crippen LogP contribution in [0.25, 0.3) is 0 Å². The van der Waals surface area contributed by atoms with E-state index < -0.39 is 5.97 Å². The molecule has 0 saturated heterocycles. The standard InChI is InChI=1S/C9H16O2/c1-4-5-7(2)8(3)6-9(10)11/h5,8H,4,6H2,1-3H3,(H,10,11). The molecule has 0 aliphatic heterocycles. The molecule has 0 bridgehead atoms. The molecule has 0 aromatic rings. The lowest BCUT2D eigenvalue weighted by molar-refractivity contribution is -0.137. The van der Waals surface area contributed by atoms with Gasteiger partial charge < -0.3 is 5.11 Å². The minimum Gasteiger partial charge on any atom is -0.481 e. The van der Waals surface area contributed by atoms with E-state index in [4.69, 9.17) is 5.11 Å². The van der Waals surface area contributed by atoms with Crippen LogP contribution in [0.1, 0.15) is 33.6 Å². The van der Waals surface area contributed by atoms with E-state index in [9.17, 15) is 4.79 Å². The quantitative estimate of drug-likeness (QED) is 0.635. The van der Waals surface area contributed by atoms with Gasteiger partial charge in [0.05, 0.1) is 6.42 Å². The third-order valence-corrected chi connectivity index (χ3v) is 1.78. The number of allylic oxidation sites excluding steroid dienone is 2. The zero-order valence-electron chi connectivity index (χ0n) is 7.42. The van der Waals surface area contributed by atoms with E-state index in [1.165, 1.54) is 5.57 Å². The number of rotatable bonds is 4. The van der Waals surface area contributed by atoms with Gasteiger partial charge in [-0.15, -0.1) is 0 Å². The molecule has 0 aromatic heterocycles. The van der Waals surface area contributed by atoms with E-state index in [-0.39, 0.29) is 12.3 Å². The topological polar surface area (TPSA) is 37.3 Å². The Labute approximate surface area is 67.9 Å². The molecule has 0 aliphatic carbocycles. The van der Waals surface area contributed by atoms with Crippen molar-refractivity contribution in [1.29, 1.82) is 0 Å². The lowest BCUT2D eigenvalue weighted by Gasteiger charge is -2.08. The number of hydrogen-bond acceptors (Lipinski definition) is 1. The summed E-state index contributed by atoms with van der Waals surface area (Å²) in [5.41, 5.74) is 1.18. The fourth-order valence-electron chi connectivity index (χ4n) is 0.946. The lowest BCUT2D eigenvalue weighted by atomic mass is 9.98. The van der Waals surface area contributed by atoms with Crippen molar-refractivity contribution in [3.8, 4) is 0 Å². The van der Waals surface area contributed by atoms with Crippen LogP contribution in [0.15, 0.2) is 11.6 Å². The Balaban J connectivity index is 3.92. The van der Waals surface area contributed by atoms with E-state index >= 15 is 0 Å². The molecular weight excluding hydrogens is 140 g/mol.